The lowest BCUT2D eigenvalue weighted by atomic mass is 10.1. The Bertz CT molecular complexity index is 482. The predicted molar refractivity (Wildman–Crippen MR) is 74.2 cm³/mol. The number of likely N-dealkylation sites (tertiary alicyclic amines) is 1. The summed E-state index contributed by atoms with van der Waals surface area (Å²) in [5, 5.41) is 2.83. The molecule has 0 aromatic heterocycles. The molecule has 1 fully saturated rings. The van der Waals surface area contributed by atoms with Crippen molar-refractivity contribution in [2.45, 2.75) is 6.42 Å². The minimum Gasteiger partial charge on any atom is -0.352 e. The quantitative estimate of drug-likeness (QED) is 0.885. The highest BCUT2D eigenvalue weighted by Gasteiger charge is 2.31. The number of nitrogens with zero attached hydrogens (tertiary/aromatic N) is 1. The molecule has 2 rings (SSSR count). The van der Waals surface area contributed by atoms with Crippen molar-refractivity contribution in [2.75, 3.05) is 20.1 Å². The molecule has 1 aliphatic heterocycles. The highest BCUT2D eigenvalue weighted by atomic mass is 16.2. The molecule has 1 heterocycles. The zero-order chi connectivity index (χ0) is 13.7. The highest BCUT2D eigenvalue weighted by molar-refractivity contribution is 5.89. The van der Waals surface area contributed by atoms with Crippen molar-refractivity contribution in [2.24, 2.45) is 5.92 Å². The third-order valence-electron chi connectivity index (χ3n) is 3.22. The molecular weight excluding hydrogens is 240 g/mol. The van der Waals surface area contributed by atoms with Gasteiger partial charge >= 0.3 is 0 Å². The van der Waals surface area contributed by atoms with Crippen molar-refractivity contribution >= 4 is 17.9 Å². The van der Waals surface area contributed by atoms with E-state index in [1.807, 2.05) is 42.5 Å². The molecule has 1 atom stereocenters. The van der Waals surface area contributed by atoms with Crippen LogP contribution in [0, 0.1) is 5.92 Å². The lowest BCUT2D eigenvalue weighted by Gasteiger charge is -2.09. The Morgan fingerprint density at radius 2 is 2.16 bits per heavy atom. The lowest BCUT2D eigenvalue weighted by Crippen LogP contribution is -2.32. The lowest BCUT2D eigenvalue weighted by molar-refractivity contribution is -0.128. The minimum absolute atomic E-state index is 0.0416. The second-order valence-electron chi connectivity index (χ2n) is 4.73. The normalized spacial score (nSPS) is 19.1. The monoisotopic (exact) mass is 258 g/mol. The van der Waals surface area contributed by atoms with Gasteiger partial charge in [-0.2, -0.15) is 0 Å². The van der Waals surface area contributed by atoms with Crippen LogP contribution in [0.25, 0.3) is 6.08 Å². The van der Waals surface area contributed by atoms with Gasteiger partial charge in [0.1, 0.15) is 0 Å². The fourth-order valence-corrected chi connectivity index (χ4v) is 2.10. The molecule has 0 unspecified atom stereocenters. The maximum absolute atomic E-state index is 11.8. The highest BCUT2D eigenvalue weighted by Crippen LogP contribution is 2.15. The molecule has 1 aromatic rings. The maximum atomic E-state index is 11.8. The molecule has 4 nitrogen and oxygen atoms in total. The summed E-state index contributed by atoms with van der Waals surface area (Å²) in [5.41, 5.74) is 1.10. The third kappa shape index (κ3) is 3.68. The topological polar surface area (TPSA) is 49.4 Å². The molecule has 0 saturated carbocycles. The van der Waals surface area contributed by atoms with Crippen LogP contribution in [0.2, 0.25) is 0 Å². The van der Waals surface area contributed by atoms with E-state index in [2.05, 4.69) is 5.32 Å². The summed E-state index contributed by atoms with van der Waals surface area (Å²) in [6, 6.07) is 9.91. The molecule has 19 heavy (non-hydrogen) atoms. The number of benzene rings is 1. The number of carbonyl (C=O) groups is 2. The summed E-state index contributed by atoms with van der Waals surface area (Å²) in [6.07, 6.45) is 4.20. The van der Waals surface area contributed by atoms with Crippen molar-refractivity contribution < 1.29 is 9.59 Å². The summed E-state index contributed by atoms with van der Waals surface area (Å²) >= 11 is 0. The standard InChI is InChI=1S/C15H18N2O2/c1-17-11-13(10-14(17)18)15(19)16-9-5-8-12-6-3-2-4-7-12/h2-8,13H,9-11H2,1H3,(H,16,19)/b8-5+/t13-/m0/s1. The van der Waals surface area contributed by atoms with Crippen molar-refractivity contribution in [3.05, 3.63) is 42.0 Å². The van der Waals surface area contributed by atoms with Gasteiger partial charge < -0.3 is 10.2 Å². The molecule has 1 aromatic carbocycles. The Hall–Kier alpha value is -2.10. The van der Waals surface area contributed by atoms with Crippen LogP contribution in [-0.2, 0) is 9.59 Å². The van der Waals surface area contributed by atoms with Gasteiger partial charge in [0.2, 0.25) is 11.8 Å². The Labute approximate surface area is 113 Å². The Kier molecular flexibility index (Phi) is 4.34. The first kappa shape index (κ1) is 13.3. The van der Waals surface area contributed by atoms with Crippen LogP contribution >= 0.6 is 0 Å². The van der Waals surface area contributed by atoms with Gasteiger partial charge in [0.25, 0.3) is 0 Å². The van der Waals surface area contributed by atoms with E-state index >= 15 is 0 Å². The average molecular weight is 258 g/mol. The summed E-state index contributed by atoms with van der Waals surface area (Å²) in [5.74, 6) is -0.210. The Morgan fingerprint density at radius 3 is 2.79 bits per heavy atom. The third-order valence-corrected chi connectivity index (χ3v) is 3.22. The Balaban J connectivity index is 1.76. The van der Waals surface area contributed by atoms with E-state index in [1.165, 1.54) is 0 Å². The second kappa shape index (κ2) is 6.18. The molecule has 0 aliphatic carbocycles. The predicted octanol–water partition coefficient (Wildman–Crippen LogP) is 1.29. The SMILES string of the molecule is CN1C[C@@H](C(=O)NC/C=C/c2ccccc2)CC1=O. The molecule has 0 bridgehead atoms. The number of rotatable bonds is 4. The molecule has 2 amide bonds. The van der Waals surface area contributed by atoms with Gasteiger partial charge in [-0.1, -0.05) is 42.5 Å². The largest absolute Gasteiger partial charge is 0.352 e. The first-order valence-electron chi connectivity index (χ1n) is 6.40. The number of amides is 2. The van der Waals surface area contributed by atoms with Gasteiger partial charge in [-0.05, 0) is 5.56 Å². The maximum Gasteiger partial charge on any atom is 0.225 e. The number of hydrogen-bond donors (Lipinski definition) is 1. The van der Waals surface area contributed by atoms with Crippen LogP contribution in [0.5, 0.6) is 0 Å². The molecule has 0 radical (unpaired) electrons. The van der Waals surface area contributed by atoms with Crippen molar-refractivity contribution in [3.63, 3.8) is 0 Å². The van der Waals surface area contributed by atoms with Crippen LogP contribution < -0.4 is 5.32 Å². The molecule has 1 saturated heterocycles. The first-order chi connectivity index (χ1) is 9.16. The summed E-state index contributed by atoms with van der Waals surface area (Å²) in [4.78, 5) is 24.8. The van der Waals surface area contributed by atoms with Crippen LogP contribution in [0.1, 0.15) is 12.0 Å². The smallest absolute Gasteiger partial charge is 0.225 e. The van der Waals surface area contributed by atoms with E-state index in [9.17, 15) is 9.59 Å². The van der Waals surface area contributed by atoms with Gasteiger partial charge in [0.15, 0.2) is 0 Å². The van der Waals surface area contributed by atoms with E-state index < -0.39 is 0 Å². The average Bonchev–Trinajstić information content (AvgIpc) is 2.76. The number of hydrogen-bond acceptors (Lipinski definition) is 2. The molecule has 1 aliphatic rings. The second-order valence-corrected chi connectivity index (χ2v) is 4.73. The van der Waals surface area contributed by atoms with Crippen LogP contribution in [0.4, 0.5) is 0 Å². The summed E-state index contributed by atoms with van der Waals surface area (Å²) in [6.45, 7) is 1.01. The van der Waals surface area contributed by atoms with Gasteiger partial charge in [-0.15, -0.1) is 0 Å². The van der Waals surface area contributed by atoms with E-state index in [0.29, 0.717) is 19.5 Å². The fraction of sp³-hybridized carbons (Fsp3) is 0.333. The van der Waals surface area contributed by atoms with Gasteiger partial charge in [0.05, 0.1) is 5.92 Å². The summed E-state index contributed by atoms with van der Waals surface area (Å²) < 4.78 is 0. The molecule has 0 spiro atoms. The number of nitrogens with one attached hydrogen (secondary N) is 1. The van der Waals surface area contributed by atoms with E-state index in [1.54, 1.807) is 11.9 Å². The van der Waals surface area contributed by atoms with Crippen molar-refractivity contribution in [1.29, 1.82) is 0 Å². The zero-order valence-electron chi connectivity index (χ0n) is 11.0. The first-order valence-corrected chi connectivity index (χ1v) is 6.40. The molecule has 1 N–H and O–H groups in total. The van der Waals surface area contributed by atoms with E-state index in [0.717, 1.165) is 5.56 Å². The van der Waals surface area contributed by atoms with Gasteiger partial charge in [0, 0.05) is 26.6 Å². The molecule has 4 heteroatoms. The van der Waals surface area contributed by atoms with Crippen molar-refractivity contribution in [3.8, 4) is 0 Å². The molecule has 100 valence electrons. The summed E-state index contributed by atoms with van der Waals surface area (Å²) in [7, 11) is 1.73. The van der Waals surface area contributed by atoms with Crippen LogP contribution in [-0.4, -0.2) is 36.9 Å². The fourth-order valence-electron chi connectivity index (χ4n) is 2.10. The van der Waals surface area contributed by atoms with E-state index in [-0.39, 0.29) is 17.7 Å². The van der Waals surface area contributed by atoms with Crippen LogP contribution in [0.15, 0.2) is 36.4 Å². The van der Waals surface area contributed by atoms with E-state index in [4.69, 9.17) is 0 Å². The zero-order valence-corrected chi connectivity index (χ0v) is 11.0. The molecular formula is C15H18N2O2. The Morgan fingerprint density at radius 1 is 1.42 bits per heavy atom. The van der Waals surface area contributed by atoms with Crippen molar-refractivity contribution in [1.82, 2.24) is 10.2 Å². The number of carbonyl (C=O) groups excluding carboxylic acids is 2. The van der Waals surface area contributed by atoms with Crippen LogP contribution in [0.3, 0.4) is 0 Å². The van der Waals surface area contributed by atoms with Gasteiger partial charge in [-0.3, -0.25) is 9.59 Å². The minimum atomic E-state index is -0.206. The van der Waals surface area contributed by atoms with Gasteiger partial charge in [-0.25, -0.2) is 0 Å².